The Balaban J connectivity index is 3.97. The summed E-state index contributed by atoms with van der Waals surface area (Å²) in [4.78, 5) is 2.61. The van der Waals surface area contributed by atoms with Gasteiger partial charge in [0, 0.05) is 0 Å². The van der Waals surface area contributed by atoms with Gasteiger partial charge >= 0.3 is 0 Å². The van der Waals surface area contributed by atoms with Gasteiger partial charge in [-0.25, -0.2) is 0 Å². The van der Waals surface area contributed by atoms with Crippen molar-refractivity contribution in [2.45, 2.75) is 84.6 Å². The molecule has 3 nitrogen and oxygen atoms in total. The van der Waals surface area contributed by atoms with E-state index in [1.54, 1.807) is 0 Å². The van der Waals surface area contributed by atoms with Crippen LogP contribution in [0.5, 0.6) is 0 Å². The summed E-state index contributed by atoms with van der Waals surface area (Å²) in [5.74, 6) is 0. The molecule has 0 amide bonds. The highest BCUT2D eigenvalue weighted by Crippen LogP contribution is 2.13. The van der Waals surface area contributed by atoms with Gasteiger partial charge in [-0.05, 0) is 71.6 Å². The van der Waals surface area contributed by atoms with Crippen molar-refractivity contribution in [1.29, 1.82) is 5.26 Å². The summed E-state index contributed by atoms with van der Waals surface area (Å²) in [6.07, 6.45) is 9.54. The van der Waals surface area contributed by atoms with E-state index in [0.29, 0.717) is 0 Å². The maximum Gasteiger partial charge on any atom is 0.103 e. The van der Waals surface area contributed by atoms with Crippen LogP contribution in [0.4, 0.5) is 0 Å². The molecule has 0 aliphatic carbocycles. The van der Waals surface area contributed by atoms with Gasteiger partial charge < -0.3 is 4.90 Å². The lowest BCUT2D eigenvalue weighted by molar-refractivity contribution is 0.255. The van der Waals surface area contributed by atoms with Gasteiger partial charge in [-0.3, -0.25) is 5.32 Å². The Morgan fingerprint density at radius 1 is 0.905 bits per heavy atom. The molecule has 0 spiro atoms. The van der Waals surface area contributed by atoms with Crippen molar-refractivity contribution in [3.63, 3.8) is 0 Å². The smallest absolute Gasteiger partial charge is 0.103 e. The predicted molar refractivity (Wildman–Crippen MR) is 92.4 cm³/mol. The number of unbranched alkanes of at least 4 members (excludes halogenated alkanes) is 3. The average molecular weight is 296 g/mol. The number of hydrogen-bond acceptors (Lipinski definition) is 3. The van der Waals surface area contributed by atoms with Crippen LogP contribution in [0.2, 0.25) is 0 Å². The maximum absolute atomic E-state index is 9.33. The van der Waals surface area contributed by atoms with Crippen LogP contribution in [0.15, 0.2) is 0 Å². The molecule has 0 saturated carbocycles. The summed E-state index contributed by atoms with van der Waals surface area (Å²) >= 11 is 0. The van der Waals surface area contributed by atoms with Crippen LogP contribution in [-0.4, -0.2) is 36.6 Å². The molecule has 1 atom stereocenters. The topological polar surface area (TPSA) is 39.1 Å². The van der Waals surface area contributed by atoms with Crippen molar-refractivity contribution >= 4 is 0 Å². The van der Waals surface area contributed by atoms with Crippen LogP contribution < -0.4 is 5.32 Å². The van der Waals surface area contributed by atoms with Gasteiger partial charge in [0.1, 0.15) is 5.54 Å². The van der Waals surface area contributed by atoms with E-state index in [0.717, 1.165) is 25.8 Å². The summed E-state index contributed by atoms with van der Waals surface area (Å²) in [5, 5.41) is 12.7. The molecule has 0 aliphatic heterocycles. The number of hydrogen-bond donors (Lipinski definition) is 1. The minimum absolute atomic E-state index is 0.340. The van der Waals surface area contributed by atoms with Crippen molar-refractivity contribution in [1.82, 2.24) is 10.2 Å². The van der Waals surface area contributed by atoms with Gasteiger partial charge in [0.2, 0.25) is 0 Å². The van der Waals surface area contributed by atoms with E-state index in [1.807, 2.05) is 6.92 Å². The van der Waals surface area contributed by atoms with Gasteiger partial charge in [0.05, 0.1) is 6.07 Å². The Hall–Kier alpha value is -0.590. The second kappa shape index (κ2) is 13.1. The van der Waals surface area contributed by atoms with Crippen molar-refractivity contribution < 1.29 is 0 Å². The second-order valence-electron chi connectivity index (χ2n) is 6.38. The highest BCUT2D eigenvalue weighted by molar-refractivity contribution is 5.03. The minimum atomic E-state index is -0.340. The fraction of sp³-hybridized carbons (Fsp3) is 0.944. The number of nitrogens with one attached hydrogen (secondary N) is 1. The zero-order valence-electron chi connectivity index (χ0n) is 14.9. The highest BCUT2D eigenvalue weighted by atomic mass is 15.1. The number of nitrogens with zero attached hydrogens (tertiary/aromatic N) is 2. The van der Waals surface area contributed by atoms with Gasteiger partial charge in [0.15, 0.2) is 0 Å². The summed E-state index contributed by atoms with van der Waals surface area (Å²) in [5.41, 5.74) is -0.340. The molecule has 0 bridgehead atoms. The van der Waals surface area contributed by atoms with Crippen LogP contribution in [0, 0.1) is 11.3 Å². The predicted octanol–water partition coefficient (Wildman–Crippen LogP) is 4.34. The first-order valence-corrected chi connectivity index (χ1v) is 9.00. The molecule has 1 N–H and O–H groups in total. The Kier molecular flexibility index (Phi) is 12.7. The van der Waals surface area contributed by atoms with Gasteiger partial charge in [-0.2, -0.15) is 5.26 Å². The molecule has 3 heteroatoms. The quantitative estimate of drug-likeness (QED) is 0.484. The van der Waals surface area contributed by atoms with E-state index in [2.05, 4.69) is 37.1 Å². The molecule has 21 heavy (non-hydrogen) atoms. The van der Waals surface area contributed by atoms with E-state index in [1.165, 1.54) is 51.7 Å². The first-order chi connectivity index (χ1) is 10.1. The van der Waals surface area contributed by atoms with E-state index in [-0.39, 0.29) is 5.54 Å². The third-order valence-electron chi connectivity index (χ3n) is 4.07. The average Bonchev–Trinajstić information content (AvgIpc) is 2.51. The fourth-order valence-electron chi connectivity index (χ4n) is 2.50. The summed E-state index contributed by atoms with van der Waals surface area (Å²) in [7, 11) is 0. The molecule has 0 radical (unpaired) electrons. The molecule has 124 valence electrons. The lowest BCUT2D eigenvalue weighted by Gasteiger charge is -2.25. The molecule has 0 rings (SSSR count). The summed E-state index contributed by atoms with van der Waals surface area (Å²) < 4.78 is 0. The molecule has 0 aliphatic rings. The van der Waals surface area contributed by atoms with Gasteiger partial charge in [0.25, 0.3) is 0 Å². The van der Waals surface area contributed by atoms with Crippen LogP contribution >= 0.6 is 0 Å². The molecule has 0 heterocycles. The van der Waals surface area contributed by atoms with Crippen molar-refractivity contribution in [2.24, 2.45) is 0 Å². The normalized spacial score (nSPS) is 14.1. The van der Waals surface area contributed by atoms with Gasteiger partial charge in [-0.1, -0.05) is 33.6 Å². The van der Waals surface area contributed by atoms with Crippen molar-refractivity contribution in [2.75, 3.05) is 26.2 Å². The second-order valence-corrected chi connectivity index (χ2v) is 6.38. The third-order valence-corrected chi connectivity index (χ3v) is 4.07. The van der Waals surface area contributed by atoms with Gasteiger partial charge in [-0.15, -0.1) is 0 Å². The summed E-state index contributed by atoms with van der Waals surface area (Å²) in [6.45, 7) is 13.3. The van der Waals surface area contributed by atoms with E-state index < -0.39 is 0 Å². The van der Waals surface area contributed by atoms with Crippen molar-refractivity contribution in [3.05, 3.63) is 0 Å². The molecule has 0 fully saturated rings. The lowest BCUT2D eigenvalue weighted by Crippen LogP contribution is -2.41. The zero-order valence-corrected chi connectivity index (χ0v) is 14.9. The molecule has 0 aromatic rings. The fourth-order valence-corrected chi connectivity index (χ4v) is 2.50. The van der Waals surface area contributed by atoms with Crippen LogP contribution in [-0.2, 0) is 0 Å². The molecule has 1 unspecified atom stereocenters. The summed E-state index contributed by atoms with van der Waals surface area (Å²) in [6, 6.07) is 2.45. The van der Waals surface area contributed by atoms with E-state index in [9.17, 15) is 5.26 Å². The van der Waals surface area contributed by atoms with E-state index in [4.69, 9.17) is 0 Å². The number of rotatable bonds is 14. The van der Waals surface area contributed by atoms with Crippen LogP contribution in [0.1, 0.15) is 79.1 Å². The Morgan fingerprint density at radius 3 is 1.95 bits per heavy atom. The molecular formula is C18H37N3. The SMILES string of the molecule is CCCCN(CCCC)CCCCC(C)(C#N)NCCC. The lowest BCUT2D eigenvalue weighted by atomic mass is 9.96. The third kappa shape index (κ3) is 10.7. The van der Waals surface area contributed by atoms with Crippen molar-refractivity contribution in [3.8, 4) is 6.07 Å². The highest BCUT2D eigenvalue weighted by Gasteiger charge is 2.21. The molecule has 0 aromatic heterocycles. The number of nitriles is 1. The van der Waals surface area contributed by atoms with Crippen LogP contribution in [0.3, 0.4) is 0 Å². The first-order valence-electron chi connectivity index (χ1n) is 9.00. The minimum Gasteiger partial charge on any atom is -0.303 e. The van der Waals surface area contributed by atoms with Crippen LogP contribution in [0.25, 0.3) is 0 Å². The molecule has 0 aromatic carbocycles. The molecule has 0 saturated heterocycles. The largest absolute Gasteiger partial charge is 0.303 e. The Bertz CT molecular complexity index is 264. The zero-order chi connectivity index (χ0) is 16.0. The van der Waals surface area contributed by atoms with E-state index >= 15 is 0 Å². The Morgan fingerprint density at radius 2 is 1.48 bits per heavy atom. The standard InChI is InChI=1S/C18H37N3/c1-5-8-14-21(15-9-6-2)16-11-10-12-18(4,17-19)20-13-7-3/h20H,5-16H2,1-4H3. The Labute approximate surface area is 133 Å². The molecular weight excluding hydrogens is 258 g/mol. The monoisotopic (exact) mass is 295 g/mol. The maximum atomic E-state index is 9.33. The first kappa shape index (κ1) is 20.4.